The van der Waals surface area contributed by atoms with Gasteiger partial charge in [0.05, 0.1) is 5.69 Å². The Balaban J connectivity index is 0.000000671. The molecule has 3 rings (SSSR count). The van der Waals surface area contributed by atoms with E-state index in [2.05, 4.69) is 4.98 Å². The molecular weight excluding hydrogens is 307 g/mol. The fraction of sp³-hybridized carbons (Fsp3) is 0.263. The fourth-order valence-corrected chi connectivity index (χ4v) is 2.31. The molecule has 0 saturated carbocycles. The molecule has 0 aliphatic carbocycles. The Morgan fingerprint density at radius 3 is 2.29 bits per heavy atom. The number of carbonyl (C=O) groups is 1. The third-order valence-corrected chi connectivity index (χ3v) is 3.14. The van der Waals surface area contributed by atoms with Crippen LogP contribution in [-0.4, -0.2) is 20.5 Å². The van der Waals surface area contributed by atoms with E-state index in [0.717, 1.165) is 5.69 Å². The van der Waals surface area contributed by atoms with Gasteiger partial charge in [-0.15, -0.1) is 0 Å². The number of fused-ring (bicyclic) bond motifs is 1. The van der Waals surface area contributed by atoms with Crippen molar-refractivity contribution in [2.75, 3.05) is 0 Å². The van der Waals surface area contributed by atoms with Gasteiger partial charge < -0.3 is 5.11 Å². The molecule has 2 aromatic heterocycles. The number of pyridine rings is 1. The van der Waals surface area contributed by atoms with Crippen LogP contribution >= 0.6 is 0 Å². The first-order chi connectivity index (χ1) is 11.6. The van der Waals surface area contributed by atoms with Crippen LogP contribution in [0.15, 0.2) is 42.5 Å². The van der Waals surface area contributed by atoms with Crippen molar-refractivity contribution in [3.8, 4) is 11.3 Å². The maximum atomic E-state index is 13.4. The third-order valence-electron chi connectivity index (χ3n) is 3.14. The number of aromatic carboxylic acids is 1. The molecule has 2 heterocycles. The first-order valence-electron chi connectivity index (χ1n) is 8.05. The summed E-state index contributed by atoms with van der Waals surface area (Å²) in [4.78, 5) is 15.5. The number of imidazole rings is 1. The van der Waals surface area contributed by atoms with Gasteiger partial charge in [0.15, 0.2) is 5.69 Å². The van der Waals surface area contributed by atoms with E-state index in [4.69, 9.17) is 0 Å². The minimum Gasteiger partial charge on any atom is -0.476 e. The highest BCUT2D eigenvalue weighted by Crippen LogP contribution is 2.27. The van der Waals surface area contributed by atoms with Crippen molar-refractivity contribution in [3.05, 3.63) is 59.7 Å². The van der Waals surface area contributed by atoms with E-state index >= 15 is 0 Å². The SMILES string of the molecule is CC.CC.Cc1cccc2nc(C(=O)O)c(-c3cccc(F)c3)n12. The van der Waals surface area contributed by atoms with Gasteiger partial charge in [0.2, 0.25) is 0 Å². The van der Waals surface area contributed by atoms with Crippen LogP contribution < -0.4 is 0 Å². The number of rotatable bonds is 2. The van der Waals surface area contributed by atoms with Crippen LogP contribution in [0.4, 0.5) is 4.39 Å². The number of carboxylic acid groups (broad SMARTS) is 1. The Kier molecular flexibility index (Phi) is 7.11. The Hall–Kier alpha value is -2.69. The Morgan fingerprint density at radius 1 is 1.08 bits per heavy atom. The molecule has 0 atom stereocenters. The summed E-state index contributed by atoms with van der Waals surface area (Å²) in [7, 11) is 0. The number of carboxylic acids is 1. The number of aromatic nitrogens is 2. The molecule has 128 valence electrons. The third kappa shape index (κ3) is 3.79. The number of nitrogens with zero attached hydrogens (tertiary/aromatic N) is 2. The van der Waals surface area contributed by atoms with Gasteiger partial charge in [-0.25, -0.2) is 14.2 Å². The van der Waals surface area contributed by atoms with Crippen molar-refractivity contribution in [2.24, 2.45) is 0 Å². The van der Waals surface area contributed by atoms with Gasteiger partial charge in [-0.1, -0.05) is 45.9 Å². The highest BCUT2D eigenvalue weighted by molar-refractivity contribution is 5.94. The van der Waals surface area contributed by atoms with Crippen molar-refractivity contribution in [3.63, 3.8) is 0 Å². The van der Waals surface area contributed by atoms with E-state index in [0.29, 0.717) is 16.9 Å². The van der Waals surface area contributed by atoms with Crippen molar-refractivity contribution in [1.29, 1.82) is 0 Å². The molecule has 0 bridgehead atoms. The summed E-state index contributed by atoms with van der Waals surface area (Å²) >= 11 is 0. The lowest BCUT2D eigenvalue weighted by molar-refractivity contribution is 0.0692. The van der Waals surface area contributed by atoms with E-state index in [1.54, 1.807) is 28.7 Å². The quantitative estimate of drug-likeness (QED) is 0.702. The minimum atomic E-state index is -1.13. The Labute approximate surface area is 141 Å². The van der Waals surface area contributed by atoms with Gasteiger partial charge >= 0.3 is 5.97 Å². The number of benzene rings is 1. The van der Waals surface area contributed by atoms with Crippen molar-refractivity contribution < 1.29 is 14.3 Å². The van der Waals surface area contributed by atoms with E-state index in [1.807, 2.05) is 40.7 Å². The highest BCUT2D eigenvalue weighted by Gasteiger charge is 2.20. The maximum Gasteiger partial charge on any atom is 0.356 e. The Bertz CT molecular complexity index is 825. The molecule has 1 N–H and O–H groups in total. The summed E-state index contributed by atoms with van der Waals surface area (Å²) in [5.41, 5.74) is 2.17. The second-order valence-corrected chi connectivity index (χ2v) is 4.49. The zero-order valence-corrected chi connectivity index (χ0v) is 14.7. The van der Waals surface area contributed by atoms with Gasteiger partial charge in [-0.2, -0.15) is 0 Å². The standard InChI is InChI=1S/C15H11FN2O2.2C2H6/c1-9-4-2-7-12-17-13(15(19)20)14(18(9)12)10-5-3-6-11(16)8-10;2*1-2/h2-8H,1H3,(H,19,20);2*1-2H3. The number of hydrogen-bond acceptors (Lipinski definition) is 2. The zero-order valence-electron chi connectivity index (χ0n) is 14.7. The first-order valence-corrected chi connectivity index (χ1v) is 8.05. The maximum absolute atomic E-state index is 13.4. The van der Waals surface area contributed by atoms with Crippen LogP contribution in [0.3, 0.4) is 0 Å². The van der Waals surface area contributed by atoms with Crippen LogP contribution in [0.1, 0.15) is 43.9 Å². The molecule has 0 amide bonds. The molecule has 0 spiro atoms. The lowest BCUT2D eigenvalue weighted by Crippen LogP contribution is -2.01. The van der Waals surface area contributed by atoms with Gasteiger partial charge in [-0.3, -0.25) is 4.40 Å². The molecule has 3 aromatic rings. The van der Waals surface area contributed by atoms with Gasteiger partial charge in [0.1, 0.15) is 11.5 Å². The molecule has 0 aliphatic rings. The van der Waals surface area contributed by atoms with Crippen molar-refractivity contribution in [1.82, 2.24) is 9.38 Å². The summed E-state index contributed by atoms with van der Waals surface area (Å²) < 4.78 is 15.1. The van der Waals surface area contributed by atoms with Crippen LogP contribution in [0.2, 0.25) is 0 Å². The summed E-state index contributed by atoms with van der Waals surface area (Å²) in [6.07, 6.45) is 0. The summed E-state index contributed by atoms with van der Waals surface area (Å²) in [6, 6.07) is 11.2. The molecule has 5 heteroatoms. The lowest BCUT2D eigenvalue weighted by Gasteiger charge is -2.06. The summed E-state index contributed by atoms with van der Waals surface area (Å²) in [6.45, 7) is 9.85. The monoisotopic (exact) mass is 330 g/mol. The van der Waals surface area contributed by atoms with E-state index in [-0.39, 0.29) is 5.69 Å². The highest BCUT2D eigenvalue weighted by atomic mass is 19.1. The predicted molar refractivity (Wildman–Crippen MR) is 95.0 cm³/mol. The molecule has 0 saturated heterocycles. The minimum absolute atomic E-state index is 0.0788. The summed E-state index contributed by atoms with van der Waals surface area (Å²) in [5.74, 6) is -1.55. The molecule has 0 fully saturated rings. The molecule has 0 unspecified atom stereocenters. The van der Waals surface area contributed by atoms with Crippen molar-refractivity contribution >= 4 is 11.6 Å². The molecule has 1 aromatic carbocycles. The second-order valence-electron chi connectivity index (χ2n) is 4.49. The molecular formula is C19H23FN2O2. The summed E-state index contributed by atoms with van der Waals surface area (Å²) in [5, 5.41) is 9.32. The molecule has 4 nitrogen and oxygen atoms in total. The molecule has 0 radical (unpaired) electrons. The van der Waals surface area contributed by atoms with Crippen LogP contribution in [-0.2, 0) is 0 Å². The average molecular weight is 330 g/mol. The lowest BCUT2D eigenvalue weighted by atomic mass is 10.1. The van der Waals surface area contributed by atoms with Gasteiger partial charge in [0, 0.05) is 11.3 Å². The molecule has 0 aliphatic heterocycles. The van der Waals surface area contributed by atoms with Crippen LogP contribution in [0, 0.1) is 12.7 Å². The van der Waals surface area contributed by atoms with Gasteiger partial charge in [-0.05, 0) is 31.2 Å². The smallest absolute Gasteiger partial charge is 0.356 e. The average Bonchev–Trinajstić information content (AvgIpc) is 3.00. The second kappa shape index (κ2) is 8.82. The van der Waals surface area contributed by atoms with E-state index in [9.17, 15) is 14.3 Å². The predicted octanol–water partition coefficient (Wildman–Crippen LogP) is 5.20. The topological polar surface area (TPSA) is 54.6 Å². The zero-order chi connectivity index (χ0) is 18.3. The van der Waals surface area contributed by atoms with E-state index in [1.165, 1.54) is 12.1 Å². The van der Waals surface area contributed by atoms with Crippen LogP contribution in [0.5, 0.6) is 0 Å². The molecule has 24 heavy (non-hydrogen) atoms. The Morgan fingerprint density at radius 2 is 1.71 bits per heavy atom. The number of halogens is 1. The van der Waals surface area contributed by atoms with Gasteiger partial charge in [0.25, 0.3) is 0 Å². The number of aryl methyl sites for hydroxylation is 1. The van der Waals surface area contributed by atoms with E-state index < -0.39 is 11.8 Å². The first kappa shape index (κ1) is 19.4. The normalized spacial score (nSPS) is 9.58. The largest absolute Gasteiger partial charge is 0.476 e. The van der Waals surface area contributed by atoms with Crippen LogP contribution in [0.25, 0.3) is 16.9 Å². The fourth-order valence-electron chi connectivity index (χ4n) is 2.31. The number of hydrogen-bond donors (Lipinski definition) is 1. The van der Waals surface area contributed by atoms with Crippen molar-refractivity contribution in [2.45, 2.75) is 34.6 Å².